The molecule has 20 heavy (non-hydrogen) atoms. The van der Waals surface area contributed by atoms with Crippen molar-refractivity contribution >= 4 is 11.6 Å². The summed E-state index contributed by atoms with van der Waals surface area (Å²) in [6.45, 7) is 1.97. The quantitative estimate of drug-likeness (QED) is 0.629. The van der Waals surface area contributed by atoms with Gasteiger partial charge in [0.1, 0.15) is 18.4 Å². The third-order valence-corrected chi connectivity index (χ3v) is 2.80. The van der Waals surface area contributed by atoms with E-state index in [0.29, 0.717) is 6.54 Å². The first-order valence-electron chi connectivity index (χ1n) is 5.91. The maximum absolute atomic E-state index is 11.9. The lowest BCUT2D eigenvalue weighted by molar-refractivity contribution is -0.385. The molecule has 2 aromatic rings. The van der Waals surface area contributed by atoms with E-state index in [9.17, 15) is 14.9 Å². The second-order valence-electron chi connectivity index (χ2n) is 4.35. The van der Waals surface area contributed by atoms with Crippen molar-refractivity contribution in [3.05, 3.63) is 40.5 Å². The summed E-state index contributed by atoms with van der Waals surface area (Å²) in [4.78, 5) is 21.9. The summed E-state index contributed by atoms with van der Waals surface area (Å²) < 4.78 is 2.90. The van der Waals surface area contributed by atoms with Crippen LogP contribution in [0.5, 0.6) is 0 Å². The third kappa shape index (κ3) is 2.99. The van der Waals surface area contributed by atoms with Crippen LogP contribution in [-0.2, 0) is 18.4 Å². The molecular weight excluding hydrogens is 264 g/mol. The maximum Gasteiger partial charge on any atom is 0.307 e. The van der Waals surface area contributed by atoms with Crippen LogP contribution in [0.15, 0.2) is 24.8 Å². The van der Waals surface area contributed by atoms with Crippen LogP contribution in [0.2, 0.25) is 0 Å². The largest absolute Gasteiger partial charge is 0.350 e. The molecule has 0 aromatic carbocycles. The van der Waals surface area contributed by atoms with E-state index in [4.69, 9.17) is 0 Å². The molecule has 0 aliphatic carbocycles. The first-order chi connectivity index (χ1) is 9.47. The van der Waals surface area contributed by atoms with E-state index in [1.54, 1.807) is 31.0 Å². The predicted octanol–water partition coefficient (Wildman–Crippen LogP) is 0.402. The average Bonchev–Trinajstić information content (AvgIpc) is 3.03. The van der Waals surface area contributed by atoms with Crippen molar-refractivity contribution in [2.24, 2.45) is 7.05 Å². The molecular formula is C11H14N6O3. The number of carbonyl (C=O) groups excluding carboxylic acids is 1. The molecule has 1 N–H and O–H groups in total. The Labute approximate surface area is 114 Å². The van der Waals surface area contributed by atoms with Crippen LogP contribution in [0.1, 0.15) is 18.5 Å². The molecule has 0 saturated heterocycles. The van der Waals surface area contributed by atoms with Crippen molar-refractivity contribution in [1.82, 2.24) is 24.9 Å². The van der Waals surface area contributed by atoms with Crippen molar-refractivity contribution < 1.29 is 9.72 Å². The minimum Gasteiger partial charge on any atom is -0.350 e. The summed E-state index contributed by atoms with van der Waals surface area (Å²) in [6, 6.07) is -0.625. The number of carbonyl (C=O) groups is 1. The van der Waals surface area contributed by atoms with Gasteiger partial charge in [-0.1, -0.05) is 0 Å². The lowest BCUT2D eigenvalue weighted by Crippen LogP contribution is -2.30. The molecule has 1 atom stereocenters. The standard InChI is InChI=1S/C11H14N6O3/c1-8(16-7-10(5-14-16)17(19)20)11(18)12-3-9-4-13-15(2)6-9/h4-8H,3H2,1-2H3,(H,12,18). The van der Waals surface area contributed by atoms with Crippen LogP contribution < -0.4 is 5.32 Å². The molecule has 1 amide bonds. The minimum absolute atomic E-state index is 0.142. The van der Waals surface area contributed by atoms with Gasteiger partial charge in [-0.25, -0.2) is 0 Å². The topological polar surface area (TPSA) is 108 Å². The van der Waals surface area contributed by atoms with Gasteiger partial charge in [0.15, 0.2) is 0 Å². The third-order valence-electron chi connectivity index (χ3n) is 2.80. The van der Waals surface area contributed by atoms with Gasteiger partial charge in [0, 0.05) is 25.4 Å². The zero-order valence-corrected chi connectivity index (χ0v) is 11.1. The summed E-state index contributed by atoms with van der Waals surface area (Å²) in [5, 5.41) is 21.1. The monoisotopic (exact) mass is 278 g/mol. The molecule has 2 rings (SSSR count). The van der Waals surface area contributed by atoms with E-state index >= 15 is 0 Å². The maximum atomic E-state index is 11.9. The van der Waals surface area contributed by atoms with E-state index in [0.717, 1.165) is 11.8 Å². The molecule has 0 spiro atoms. The Morgan fingerprint density at radius 1 is 1.45 bits per heavy atom. The number of aryl methyl sites for hydroxylation is 1. The van der Waals surface area contributed by atoms with Gasteiger partial charge < -0.3 is 5.32 Å². The second kappa shape index (κ2) is 5.51. The fourth-order valence-electron chi connectivity index (χ4n) is 1.65. The Hall–Kier alpha value is -2.71. The first kappa shape index (κ1) is 13.7. The number of rotatable bonds is 5. The van der Waals surface area contributed by atoms with Crippen LogP contribution in [0, 0.1) is 10.1 Å². The van der Waals surface area contributed by atoms with Crippen molar-refractivity contribution in [3.8, 4) is 0 Å². The highest BCUT2D eigenvalue weighted by molar-refractivity contribution is 5.79. The molecule has 0 aliphatic rings. The predicted molar refractivity (Wildman–Crippen MR) is 68.6 cm³/mol. The molecule has 9 heteroatoms. The first-order valence-corrected chi connectivity index (χ1v) is 5.91. The van der Waals surface area contributed by atoms with Crippen molar-refractivity contribution in [1.29, 1.82) is 0 Å². The molecule has 0 saturated carbocycles. The Morgan fingerprint density at radius 2 is 2.20 bits per heavy atom. The molecule has 2 heterocycles. The molecule has 2 aromatic heterocycles. The number of hydrogen-bond donors (Lipinski definition) is 1. The molecule has 106 valence electrons. The van der Waals surface area contributed by atoms with Crippen molar-refractivity contribution in [3.63, 3.8) is 0 Å². The number of aromatic nitrogens is 4. The molecule has 1 unspecified atom stereocenters. The average molecular weight is 278 g/mol. The van der Waals surface area contributed by atoms with Crippen LogP contribution >= 0.6 is 0 Å². The van der Waals surface area contributed by atoms with Crippen LogP contribution in [0.3, 0.4) is 0 Å². The van der Waals surface area contributed by atoms with E-state index in [-0.39, 0.29) is 11.6 Å². The number of amides is 1. The SMILES string of the molecule is CC(C(=O)NCc1cnn(C)c1)n1cc([N+](=O)[O-])cn1. The normalized spacial score (nSPS) is 12.1. The Bertz CT molecular complexity index is 632. The van der Waals surface area contributed by atoms with E-state index < -0.39 is 11.0 Å². The molecule has 9 nitrogen and oxygen atoms in total. The zero-order valence-electron chi connectivity index (χ0n) is 11.1. The van der Waals surface area contributed by atoms with Gasteiger partial charge in [-0.15, -0.1) is 0 Å². The smallest absolute Gasteiger partial charge is 0.307 e. The number of nitrogens with zero attached hydrogens (tertiary/aromatic N) is 5. The van der Waals surface area contributed by atoms with Gasteiger partial charge >= 0.3 is 5.69 Å². The summed E-state index contributed by atoms with van der Waals surface area (Å²) in [5.74, 6) is -0.271. The van der Waals surface area contributed by atoms with Crippen LogP contribution in [0.4, 0.5) is 5.69 Å². The zero-order chi connectivity index (χ0) is 14.7. The number of nitro groups is 1. The highest BCUT2D eigenvalue weighted by atomic mass is 16.6. The Morgan fingerprint density at radius 3 is 2.75 bits per heavy atom. The van der Waals surface area contributed by atoms with Crippen molar-refractivity contribution in [2.45, 2.75) is 19.5 Å². The molecule has 0 radical (unpaired) electrons. The molecule has 0 fully saturated rings. The highest BCUT2D eigenvalue weighted by Crippen LogP contribution is 2.12. The minimum atomic E-state index is -0.625. The lowest BCUT2D eigenvalue weighted by atomic mass is 10.3. The Balaban J connectivity index is 1.95. The second-order valence-corrected chi connectivity index (χ2v) is 4.35. The fourth-order valence-corrected chi connectivity index (χ4v) is 1.65. The molecule has 0 bridgehead atoms. The van der Waals surface area contributed by atoms with Gasteiger partial charge in [0.05, 0.1) is 11.1 Å². The fraction of sp³-hybridized carbons (Fsp3) is 0.364. The highest BCUT2D eigenvalue weighted by Gasteiger charge is 2.18. The number of hydrogen-bond acceptors (Lipinski definition) is 5. The summed E-state index contributed by atoms with van der Waals surface area (Å²) in [6.07, 6.45) is 5.80. The van der Waals surface area contributed by atoms with Crippen LogP contribution in [0.25, 0.3) is 0 Å². The summed E-state index contributed by atoms with van der Waals surface area (Å²) >= 11 is 0. The van der Waals surface area contributed by atoms with E-state index in [1.165, 1.54) is 10.9 Å². The van der Waals surface area contributed by atoms with Gasteiger partial charge in [0.2, 0.25) is 5.91 Å². The van der Waals surface area contributed by atoms with Gasteiger partial charge in [-0.05, 0) is 6.92 Å². The summed E-state index contributed by atoms with van der Waals surface area (Å²) in [5.41, 5.74) is 0.733. The van der Waals surface area contributed by atoms with Gasteiger partial charge in [0.25, 0.3) is 0 Å². The Kier molecular flexibility index (Phi) is 3.78. The van der Waals surface area contributed by atoms with Crippen LogP contribution in [-0.4, -0.2) is 30.4 Å². The lowest BCUT2D eigenvalue weighted by Gasteiger charge is -2.11. The van der Waals surface area contributed by atoms with Gasteiger partial charge in [-0.2, -0.15) is 10.2 Å². The van der Waals surface area contributed by atoms with E-state index in [1.807, 2.05) is 0 Å². The van der Waals surface area contributed by atoms with E-state index in [2.05, 4.69) is 15.5 Å². The molecule has 0 aliphatic heterocycles. The van der Waals surface area contributed by atoms with Crippen molar-refractivity contribution in [2.75, 3.05) is 0 Å². The number of nitrogens with one attached hydrogen (secondary N) is 1. The van der Waals surface area contributed by atoms with Gasteiger partial charge in [-0.3, -0.25) is 24.3 Å². The summed E-state index contributed by atoms with van der Waals surface area (Å²) in [7, 11) is 1.79.